The van der Waals surface area contributed by atoms with Gasteiger partial charge in [0.15, 0.2) is 0 Å². The first kappa shape index (κ1) is 19.2. The molecule has 0 fully saturated rings. The summed E-state index contributed by atoms with van der Waals surface area (Å²) in [6.07, 6.45) is 0.571. The molecule has 3 nitrogen and oxygen atoms in total. The van der Waals surface area contributed by atoms with Crippen LogP contribution in [0.5, 0.6) is 0 Å². The van der Waals surface area contributed by atoms with Gasteiger partial charge in [-0.05, 0) is 29.7 Å². The van der Waals surface area contributed by atoms with Crippen LogP contribution >= 0.6 is 0 Å². The van der Waals surface area contributed by atoms with Crippen LogP contribution in [-0.4, -0.2) is 11.7 Å². The lowest BCUT2D eigenvalue weighted by atomic mass is 10.1. The molecule has 0 saturated heterocycles. The quantitative estimate of drug-likeness (QED) is 0.756. The Morgan fingerprint density at radius 2 is 1.48 bits per heavy atom. The topological polar surface area (TPSA) is 72.3 Å². The van der Waals surface area contributed by atoms with Gasteiger partial charge in [0.25, 0.3) is 0 Å². The molecule has 0 radical (unpaired) electrons. The standard InChI is InChI=1S/C8H11NO.C8H11N.C2H6/c9-6-8(10)7-4-2-1-3-5-7;1-2-7-3-5-8(9)6-4-7;1-2/h1-5,8,10H,6,9H2;3-6H,2,9H2,1H3;1-2H3. The van der Waals surface area contributed by atoms with Crippen molar-refractivity contribution in [2.75, 3.05) is 12.3 Å². The van der Waals surface area contributed by atoms with Crippen molar-refractivity contribution in [3.8, 4) is 0 Å². The van der Waals surface area contributed by atoms with Gasteiger partial charge in [-0.1, -0.05) is 63.2 Å². The number of benzene rings is 2. The van der Waals surface area contributed by atoms with Crippen molar-refractivity contribution >= 4 is 5.69 Å². The number of nitrogen functional groups attached to an aromatic ring is 1. The lowest BCUT2D eigenvalue weighted by Gasteiger charge is -2.05. The van der Waals surface area contributed by atoms with Crippen LogP contribution in [0.1, 0.15) is 38.0 Å². The molecule has 0 saturated carbocycles. The summed E-state index contributed by atoms with van der Waals surface area (Å²) in [6.45, 7) is 6.41. The summed E-state index contributed by atoms with van der Waals surface area (Å²) in [4.78, 5) is 0. The number of rotatable bonds is 3. The zero-order valence-electron chi connectivity index (χ0n) is 13.3. The molecule has 2 aromatic carbocycles. The van der Waals surface area contributed by atoms with Crippen LogP contribution < -0.4 is 11.5 Å². The average Bonchev–Trinajstić information content (AvgIpc) is 2.58. The maximum atomic E-state index is 9.20. The van der Waals surface area contributed by atoms with Crippen molar-refractivity contribution in [2.45, 2.75) is 33.3 Å². The Kier molecular flexibility index (Phi) is 10.9. The van der Waals surface area contributed by atoms with Crippen LogP contribution in [0, 0.1) is 0 Å². The highest BCUT2D eigenvalue weighted by atomic mass is 16.3. The smallest absolute Gasteiger partial charge is 0.0912 e. The van der Waals surface area contributed by atoms with Crippen molar-refractivity contribution in [3.63, 3.8) is 0 Å². The van der Waals surface area contributed by atoms with E-state index in [4.69, 9.17) is 11.5 Å². The average molecular weight is 288 g/mol. The van der Waals surface area contributed by atoms with Crippen molar-refractivity contribution in [2.24, 2.45) is 5.73 Å². The molecule has 116 valence electrons. The molecule has 0 bridgehead atoms. The minimum atomic E-state index is -0.513. The van der Waals surface area contributed by atoms with E-state index in [1.807, 2.05) is 56.3 Å². The first-order chi connectivity index (χ1) is 10.2. The maximum Gasteiger partial charge on any atom is 0.0912 e. The number of aliphatic hydroxyl groups excluding tert-OH is 1. The van der Waals surface area contributed by atoms with Gasteiger partial charge in [0.2, 0.25) is 0 Å². The van der Waals surface area contributed by atoms with Gasteiger partial charge >= 0.3 is 0 Å². The van der Waals surface area contributed by atoms with Crippen LogP contribution in [0.3, 0.4) is 0 Å². The third kappa shape index (κ3) is 8.12. The minimum absolute atomic E-state index is 0.282. The third-order valence-electron chi connectivity index (χ3n) is 2.80. The minimum Gasteiger partial charge on any atom is -0.399 e. The van der Waals surface area contributed by atoms with Gasteiger partial charge in [0, 0.05) is 12.2 Å². The first-order valence-electron chi connectivity index (χ1n) is 7.44. The molecular formula is C18H28N2O. The fourth-order valence-electron chi connectivity index (χ4n) is 1.56. The summed E-state index contributed by atoms with van der Waals surface area (Å²) in [5, 5.41) is 9.20. The van der Waals surface area contributed by atoms with E-state index in [0.29, 0.717) is 0 Å². The molecule has 1 unspecified atom stereocenters. The summed E-state index contributed by atoms with van der Waals surface area (Å²) in [7, 11) is 0. The predicted octanol–water partition coefficient (Wildman–Crippen LogP) is 3.54. The summed E-state index contributed by atoms with van der Waals surface area (Å²) in [5.74, 6) is 0. The summed E-state index contributed by atoms with van der Waals surface area (Å²) >= 11 is 0. The lowest BCUT2D eigenvalue weighted by molar-refractivity contribution is 0.187. The largest absolute Gasteiger partial charge is 0.399 e. The van der Waals surface area contributed by atoms with Gasteiger partial charge in [-0.3, -0.25) is 0 Å². The number of hydrogen-bond donors (Lipinski definition) is 3. The highest BCUT2D eigenvalue weighted by Gasteiger charge is 2.01. The van der Waals surface area contributed by atoms with Crippen molar-refractivity contribution < 1.29 is 5.11 Å². The summed E-state index contributed by atoms with van der Waals surface area (Å²) in [5.41, 5.74) is 13.8. The number of anilines is 1. The van der Waals surface area contributed by atoms with Crippen molar-refractivity contribution in [1.82, 2.24) is 0 Å². The molecular weight excluding hydrogens is 260 g/mol. The van der Waals surface area contributed by atoms with Gasteiger partial charge in [-0.2, -0.15) is 0 Å². The van der Waals surface area contributed by atoms with E-state index in [1.165, 1.54) is 5.56 Å². The SMILES string of the molecule is CC.CCc1ccc(N)cc1.NCC(O)c1ccccc1. The molecule has 5 N–H and O–H groups in total. The van der Waals surface area contributed by atoms with Crippen molar-refractivity contribution in [3.05, 3.63) is 65.7 Å². The van der Waals surface area contributed by atoms with E-state index in [-0.39, 0.29) is 6.54 Å². The number of hydrogen-bond acceptors (Lipinski definition) is 3. The second-order valence-corrected chi connectivity index (χ2v) is 4.26. The fourth-order valence-corrected chi connectivity index (χ4v) is 1.56. The molecule has 0 aliphatic carbocycles. The normalized spacial score (nSPS) is 10.5. The zero-order valence-corrected chi connectivity index (χ0v) is 13.3. The van der Waals surface area contributed by atoms with E-state index < -0.39 is 6.10 Å². The molecule has 2 rings (SSSR count). The Labute approximate surface area is 128 Å². The molecule has 0 aliphatic heterocycles. The van der Waals surface area contributed by atoms with Crippen LogP contribution in [0.4, 0.5) is 5.69 Å². The maximum absolute atomic E-state index is 9.20. The molecule has 0 amide bonds. The summed E-state index contributed by atoms with van der Waals surface area (Å²) < 4.78 is 0. The lowest BCUT2D eigenvalue weighted by Crippen LogP contribution is -2.10. The molecule has 0 aliphatic rings. The number of aryl methyl sites for hydroxylation is 1. The van der Waals surface area contributed by atoms with Gasteiger partial charge < -0.3 is 16.6 Å². The second-order valence-electron chi connectivity index (χ2n) is 4.26. The van der Waals surface area contributed by atoms with E-state index in [1.54, 1.807) is 0 Å². The number of aliphatic hydroxyl groups is 1. The van der Waals surface area contributed by atoms with Crippen molar-refractivity contribution in [1.29, 1.82) is 0 Å². The highest BCUT2D eigenvalue weighted by Crippen LogP contribution is 2.09. The Morgan fingerprint density at radius 1 is 0.952 bits per heavy atom. The molecule has 2 aromatic rings. The molecule has 1 atom stereocenters. The number of nitrogens with two attached hydrogens (primary N) is 2. The Bertz CT molecular complexity index is 454. The predicted molar refractivity (Wildman–Crippen MR) is 92.0 cm³/mol. The zero-order chi connectivity index (χ0) is 16.1. The molecule has 0 spiro atoms. The first-order valence-corrected chi connectivity index (χ1v) is 7.44. The Hall–Kier alpha value is -1.84. The van der Waals surface area contributed by atoms with E-state index in [2.05, 4.69) is 19.1 Å². The third-order valence-corrected chi connectivity index (χ3v) is 2.80. The molecule has 0 aromatic heterocycles. The van der Waals surface area contributed by atoms with Crippen LogP contribution in [-0.2, 0) is 6.42 Å². The molecule has 21 heavy (non-hydrogen) atoms. The molecule has 0 heterocycles. The molecule has 3 heteroatoms. The highest BCUT2D eigenvalue weighted by molar-refractivity contribution is 5.39. The summed E-state index contributed by atoms with van der Waals surface area (Å²) in [6, 6.07) is 17.4. The van der Waals surface area contributed by atoms with E-state index in [9.17, 15) is 5.11 Å². The van der Waals surface area contributed by atoms with Crippen LogP contribution in [0.15, 0.2) is 54.6 Å². The monoisotopic (exact) mass is 288 g/mol. The fraction of sp³-hybridized carbons (Fsp3) is 0.333. The van der Waals surface area contributed by atoms with Gasteiger partial charge in [0.05, 0.1) is 6.10 Å². The van der Waals surface area contributed by atoms with Crippen LogP contribution in [0.2, 0.25) is 0 Å². The van der Waals surface area contributed by atoms with Gasteiger partial charge in [-0.25, -0.2) is 0 Å². The van der Waals surface area contributed by atoms with Gasteiger partial charge in [-0.15, -0.1) is 0 Å². The van der Waals surface area contributed by atoms with Gasteiger partial charge in [0.1, 0.15) is 0 Å². The second kappa shape index (κ2) is 11.9. The van der Waals surface area contributed by atoms with Crippen LogP contribution in [0.25, 0.3) is 0 Å². The Balaban J connectivity index is 0.000000342. The Morgan fingerprint density at radius 3 is 1.90 bits per heavy atom. The van der Waals surface area contributed by atoms with E-state index >= 15 is 0 Å². The van der Waals surface area contributed by atoms with E-state index in [0.717, 1.165) is 17.7 Å².